The Bertz CT molecular complexity index is 3550. The van der Waals surface area contributed by atoms with Crippen molar-refractivity contribution in [3.8, 4) is 44.8 Å². The van der Waals surface area contributed by atoms with Crippen molar-refractivity contribution in [3.05, 3.63) is 218 Å². The monoisotopic (exact) mass is 750 g/mol. The van der Waals surface area contributed by atoms with E-state index in [1.165, 1.54) is 110 Å². The van der Waals surface area contributed by atoms with Crippen molar-refractivity contribution in [1.82, 2.24) is 9.13 Å². The highest BCUT2D eigenvalue weighted by Gasteiger charge is 2.19. The number of rotatable bonds is 5. The van der Waals surface area contributed by atoms with Crippen molar-refractivity contribution in [2.75, 3.05) is 0 Å². The summed E-state index contributed by atoms with van der Waals surface area (Å²) in [5, 5.41) is 10.1. The maximum absolute atomic E-state index is 2.42. The summed E-state index contributed by atoms with van der Waals surface area (Å²) in [4.78, 5) is 0. The zero-order valence-electron chi connectivity index (χ0n) is 32.6. The molecule has 0 saturated heterocycles. The number of aryl methyl sites for hydroxylation is 1. The van der Waals surface area contributed by atoms with Crippen LogP contribution in [0.15, 0.2) is 212 Å². The molecule has 0 N–H and O–H groups in total. The number of hydrogen-bond acceptors (Lipinski definition) is 0. The number of para-hydroxylation sites is 3. The van der Waals surface area contributed by atoms with E-state index in [4.69, 9.17) is 0 Å². The van der Waals surface area contributed by atoms with Crippen LogP contribution in [-0.2, 0) is 0 Å². The summed E-state index contributed by atoms with van der Waals surface area (Å²) in [6.07, 6.45) is 0. The highest BCUT2D eigenvalue weighted by molar-refractivity contribution is 6.21. The van der Waals surface area contributed by atoms with Crippen molar-refractivity contribution >= 4 is 65.2 Å². The van der Waals surface area contributed by atoms with E-state index in [1.54, 1.807) is 0 Å². The van der Waals surface area contributed by atoms with E-state index < -0.39 is 0 Å². The molecule has 0 fully saturated rings. The normalized spacial score (nSPS) is 11.8. The number of benzene rings is 10. The first-order chi connectivity index (χ1) is 29.2. The van der Waals surface area contributed by atoms with E-state index >= 15 is 0 Å². The van der Waals surface area contributed by atoms with Gasteiger partial charge in [-0.3, -0.25) is 0 Å². The molecule has 2 heterocycles. The second-order valence-corrected chi connectivity index (χ2v) is 15.7. The lowest BCUT2D eigenvalue weighted by Crippen LogP contribution is -1.96. The van der Waals surface area contributed by atoms with Gasteiger partial charge < -0.3 is 9.13 Å². The molecule has 12 rings (SSSR count). The van der Waals surface area contributed by atoms with Crippen molar-refractivity contribution in [1.29, 1.82) is 0 Å². The minimum atomic E-state index is 1.15. The molecule has 0 atom stereocenters. The zero-order valence-corrected chi connectivity index (χ0v) is 32.6. The lowest BCUT2D eigenvalue weighted by atomic mass is 9.86. The number of aromatic nitrogens is 2. The van der Waals surface area contributed by atoms with Crippen LogP contribution in [0, 0.1) is 6.92 Å². The molecule has 12 aromatic rings. The molecule has 0 bridgehead atoms. The van der Waals surface area contributed by atoms with Gasteiger partial charge in [-0.25, -0.2) is 0 Å². The van der Waals surface area contributed by atoms with Gasteiger partial charge >= 0.3 is 0 Å². The van der Waals surface area contributed by atoms with Crippen LogP contribution < -0.4 is 0 Å². The van der Waals surface area contributed by atoms with E-state index in [2.05, 4.69) is 228 Å². The van der Waals surface area contributed by atoms with Gasteiger partial charge in [0.2, 0.25) is 0 Å². The van der Waals surface area contributed by atoms with Crippen LogP contribution in [0.25, 0.3) is 110 Å². The molecule has 2 aromatic heterocycles. The van der Waals surface area contributed by atoms with Gasteiger partial charge in [-0.1, -0.05) is 158 Å². The lowest BCUT2D eigenvalue weighted by molar-refractivity contribution is 1.15. The fraction of sp³-hybridized carbons (Fsp3) is 0.0175. The average Bonchev–Trinajstić information content (AvgIpc) is 3.81. The van der Waals surface area contributed by atoms with Crippen LogP contribution in [0.4, 0.5) is 0 Å². The van der Waals surface area contributed by atoms with Crippen LogP contribution in [-0.4, -0.2) is 9.13 Å². The third-order valence-corrected chi connectivity index (χ3v) is 12.4. The van der Waals surface area contributed by atoms with Crippen LogP contribution in [0.2, 0.25) is 0 Å². The number of nitrogens with zero attached hydrogens (tertiary/aromatic N) is 2. The molecule has 0 unspecified atom stereocenters. The Balaban J connectivity index is 0.992. The van der Waals surface area contributed by atoms with Gasteiger partial charge in [0.25, 0.3) is 0 Å². The summed E-state index contributed by atoms with van der Waals surface area (Å²) in [5.41, 5.74) is 15.9. The maximum atomic E-state index is 2.42. The van der Waals surface area contributed by atoms with Gasteiger partial charge in [-0.15, -0.1) is 0 Å². The Morgan fingerprint density at radius 1 is 0.271 bits per heavy atom. The molecule has 0 aliphatic rings. The predicted octanol–water partition coefficient (Wildman–Crippen LogP) is 15.5. The Hall–Kier alpha value is -7.68. The third-order valence-electron chi connectivity index (χ3n) is 12.4. The highest BCUT2D eigenvalue weighted by Crippen LogP contribution is 2.44. The summed E-state index contributed by atoms with van der Waals surface area (Å²) in [7, 11) is 0. The van der Waals surface area contributed by atoms with Crippen LogP contribution >= 0.6 is 0 Å². The second-order valence-electron chi connectivity index (χ2n) is 15.7. The first-order valence-corrected chi connectivity index (χ1v) is 20.4. The molecule has 0 amide bonds. The highest BCUT2D eigenvalue weighted by atomic mass is 15.0. The van der Waals surface area contributed by atoms with Gasteiger partial charge in [-0.2, -0.15) is 0 Å². The molecule has 10 aromatic carbocycles. The SMILES string of the molecule is Cc1ccccc1-n1c2ccccc2c2cc(-c3ccc4c(c3)c3ccccc3n4-c3ccc(-c4c5ccccc5c(-c5ccccc5)c5ccccc45)cc3)ccc21. The summed E-state index contributed by atoms with van der Waals surface area (Å²) < 4.78 is 4.84. The fourth-order valence-electron chi connectivity index (χ4n) is 9.79. The zero-order chi connectivity index (χ0) is 39.0. The first kappa shape index (κ1) is 33.5. The summed E-state index contributed by atoms with van der Waals surface area (Å²) in [6, 6.07) is 78.0. The fourth-order valence-corrected chi connectivity index (χ4v) is 9.79. The Labute approximate surface area is 342 Å². The quantitative estimate of drug-likeness (QED) is 0.155. The molecule has 0 saturated carbocycles. The Morgan fingerprint density at radius 2 is 0.661 bits per heavy atom. The van der Waals surface area contributed by atoms with E-state index in [1.807, 2.05) is 0 Å². The molecule has 0 spiro atoms. The lowest BCUT2D eigenvalue weighted by Gasteiger charge is -2.18. The number of hydrogen-bond donors (Lipinski definition) is 0. The van der Waals surface area contributed by atoms with Gasteiger partial charge in [-0.05, 0) is 122 Å². The van der Waals surface area contributed by atoms with E-state index in [0.717, 1.165) is 5.69 Å². The maximum Gasteiger partial charge on any atom is 0.0541 e. The van der Waals surface area contributed by atoms with Crippen molar-refractivity contribution in [3.63, 3.8) is 0 Å². The van der Waals surface area contributed by atoms with Crippen LogP contribution in [0.1, 0.15) is 5.56 Å². The average molecular weight is 751 g/mol. The summed E-state index contributed by atoms with van der Waals surface area (Å²) in [5.74, 6) is 0. The Kier molecular flexibility index (Phi) is 7.48. The smallest absolute Gasteiger partial charge is 0.0541 e. The van der Waals surface area contributed by atoms with Crippen molar-refractivity contribution < 1.29 is 0 Å². The van der Waals surface area contributed by atoms with Crippen LogP contribution in [0.5, 0.6) is 0 Å². The summed E-state index contributed by atoms with van der Waals surface area (Å²) in [6.45, 7) is 2.19. The Morgan fingerprint density at radius 3 is 1.20 bits per heavy atom. The van der Waals surface area contributed by atoms with Gasteiger partial charge in [0.1, 0.15) is 0 Å². The van der Waals surface area contributed by atoms with Gasteiger partial charge in [0, 0.05) is 32.9 Å². The van der Waals surface area contributed by atoms with E-state index in [-0.39, 0.29) is 0 Å². The topological polar surface area (TPSA) is 9.86 Å². The van der Waals surface area contributed by atoms with Gasteiger partial charge in [0.05, 0.1) is 22.1 Å². The summed E-state index contributed by atoms with van der Waals surface area (Å²) >= 11 is 0. The standard InChI is InChI=1S/C57H38N2/c1-37-15-5-12-24-51(37)59-53-26-14-11-19-44(53)50-36-41(30-34-55(50)59)40-29-33-54-49(35-40)43-18-10-13-25-52(43)58(54)42-31-27-39(28-32-42)57-47-22-8-6-20-45(47)56(38-16-3-2-4-17-38)46-21-7-9-23-48(46)57/h2-36H,1H3. The van der Waals surface area contributed by atoms with Gasteiger partial charge in [0.15, 0.2) is 0 Å². The molecule has 2 heteroatoms. The van der Waals surface area contributed by atoms with E-state index in [0.29, 0.717) is 0 Å². The minimum absolute atomic E-state index is 1.15. The largest absolute Gasteiger partial charge is 0.309 e. The third kappa shape index (κ3) is 5.13. The number of fused-ring (bicyclic) bond motifs is 8. The first-order valence-electron chi connectivity index (χ1n) is 20.4. The molecule has 0 radical (unpaired) electrons. The van der Waals surface area contributed by atoms with Crippen molar-refractivity contribution in [2.24, 2.45) is 0 Å². The molecule has 0 aliphatic carbocycles. The molecule has 0 aliphatic heterocycles. The molecule has 59 heavy (non-hydrogen) atoms. The molecule has 2 nitrogen and oxygen atoms in total. The molecule has 276 valence electrons. The predicted molar refractivity (Wildman–Crippen MR) is 251 cm³/mol. The molecular weight excluding hydrogens is 713 g/mol. The minimum Gasteiger partial charge on any atom is -0.309 e. The van der Waals surface area contributed by atoms with E-state index in [9.17, 15) is 0 Å². The van der Waals surface area contributed by atoms with Crippen LogP contribution in [0.3, 0.4) is 0 Å². The van der Waals surface area contributed by atoms with Crippen molar-refractivity contribution in [2.45, 2.75) is 6.92 Å². The molecular formula is C57H38N2. The second kappa shape index (κ2) is 13.2.